The number of nitrogens with two attached hydrogens (primary N) is 1. The summed E-state index contributed by atoms with van der Waals surface area (Å²) in [6, 6.07) is 0. The monoisotopic (exact) mass is 415 g/mol. The first-order valence-electron chi connectivity index (χ1n) is 6.85. The van der Waals surface area contributed by atoms with Gasteiger partial charge in [0.15, 0.2) is 0 Å². The van der Waals surface area contributed by atoms with Crippen LogP contribution in [0.5, 0.6) is 0 Å². The maximum Gasteiger partial charge on any atom is 0.466 e. The van der Waals surface area contributed by atoms with Gasteiger partial charge in [-0.25, -0.2) is 4.79 Å². The number of hydrogen-bond acceptors (Lipinski definition) is 5. The van der Waals surface area contributed by atoms with Gasteiger partial charge in [0.25, 0.3) is 0 Å². The van der Waals surface area contributed by atoms with Gasteiger partial charge in [-0.2, -0.15) is 30.7 Å². The van der Waals surface area contributed by atoms with Crippen LogP contribution in [0.4, 0.5) is 30.7 Å². The molecule has 2 N–H and O–H groups in total. The molecule has 0 aliphatic heterocycles. The summed E-state index contributed by atoms with van der Waals surface area (Å²) < 4.78 is 98.6. The second-order valence-electron chi connectivity index (χ2n) is 5.20. The van der Waals surface area contributed by atoms with E-state index in [4.69, 9.17) is 0 Å². The molecule has 1 atom stereocenters. The zero-order chi connectivity index (χ0) is 21.0. The van der Waals surface area contributed by atoms with Gasteiger partial charge >= 0.3 is 35.0 Å². The van der Waals surface area contributed by atoms with Gasteiger partial charge in [-0.15, -0.1) is 0 Å². The molecule has 0 aromatic rings. The standard InChI is InChI=1S/C13H16F7NO4S/c1-7(2)8(22)25-11(9(21)23,12(16,17)18)24-6-4-3-5-10(14,15)13(19,20)26/h26H,1,3-6H2,2H3,(H2,21,23). The first-order valence-corrected chi connectivity index (χ1v) is 7.30. The average molecular weight is 415 g/mol. The first-order chi connectivity index (χ1) is 11.5. The second kappa shape index (κ2) is 8.46. The third-order valence-electron chi connectivity index (χ3n) is 2.91. The zero-order valence-electron chi connectivity index (χ0n) is 13.3. The lowest BCUT2D eigenvalue weighted by molar-refractivity contribution is -0.346. The van der Waals surface area contributed by atoms with Crippen LogP contribution in [0.15, 0.2) is 12.2 Å². The minimum atomic E-state index is -5.59. The maximum absolute atomic E-state index is 13.1. The molecule has 0 heterocycles. The van der Waals surface area contributed by atoms with Crippen LogP contribution in [0.3, 0.4) is 0 Å². The fraction of sp³-hybridized carbons (Fsp3) is 0.692. The van der Waals surface area contributed by atoms with Crippen molar-refractivity contribution in [2.45, 2.75) is 49.3 Å². The molecule has 0 bridgehead atoms. The highest BCUT2D eigenvalue weighted by atomic mass is 32.1. The fourth-order valence-electron chi connectivity index (χ4n) is 1.46. The lowest BCUT2D eigenvalue weighted by atomic mass is 10.1. The van der Waals surface area contributed by atoms with Gasteiger partial charge in [0.1, 0.15) is 0 Å². The van der Waals surface area contributed by atoms with E-state index in [1.165, 1.54) is 0 Å². The van der Waals surface area contributed by atoms with Crippen LogP contribution in [-0.4, -0.2) is 41.6 Å². The number of unbranched alkanes of at least 4 members (excludes halogenated alkanes) is 1. The van der Waals surface area contributed by atoms with Crippen molar-refractivity contribution in [3.8, 4) is 0 Å². The van der Waals surface area contributed by atoms with Crippen molar-refractivity contribution in [3.63, 3.8) is 0 Å². The van der Waals surface area contributed by atoms with E-state index in [2.05, 4.69) is 34.4 Å². The van der Waals surface area contributed by atoms with Gasteiger partial charge in [0, 0.05) is 12.0 Å². The Morgan fingerprint density at radius 1 is 1.08 bits per heavy atom. The van der Waals surface area contributed by atoms with E-state index in [0.29, 0.717) is 0 Å². The molecule has 0 rings (SSSR count). The molecule has 0 radical (unpaired) electrons. The molecule has 1 amide bonds. The Balaban J connectivity index is 5.05. The number of hydrogen-bond donors (Lipinski definition) is 2. The molecule has 0 spiro atoms. The molecule has 13 heteroatoms. The van der Waals surface area contributed by atoms with Gasteiger partial charge in [0.05, 0.1) is 6.61 Å². The molecule has 152 valence electrons. The molecule has 5 nitrogen and oxygen atoms in total. The minimum absolute atomic E-state index is 0.501. The summed E-state index contributed by atoms with van der Waals surface area (Å²) in [6.07, 6.45) is -8.31. The molecule has 0 saturated heterocycles. The van der Waals surface area contributed by atoms with E-state index >= 15 is 0 Å². The maximum atomic E-state index is 13.1. The highest BCUT2D eigenvalue weighted by Crippen LogP contribution is 2.41. The molecule has 0 fully saturated rings. The van der Waals surface area contributed by atoms with Crippen molar-refractivity contribution in [1.82, 2.24) is 0 Å². The summed E-state index contributed by atoms with van der Waals surface area (Å²) >= 11 is 2.44. The SMILES string of the molecule is C=C(C)C(=O)OC(OCCCCC(F)(F)C(F)(F)S)(C(N)=O)C(F)(F)F. The number of thiol groups is 1. The number of carbonyl (C=O) groups is 2. The van der Waals surface area contributed by atoms with Crippen LogP contribution in [0.2, 0.25) is 0 Å². The Labute approximate surface area is 149 Å². The smallest absolute Gasteiger partial charge is 0.412 e. The number of amides is 1. The van der Waals surface area contributed by atoms with Crippen molar-refractivity contribution in [2.24, 2.45) is 5.73 Å². The predicted molar refractivity (Wildman–Crippen MR) is 77.6 cm³/mol. The number of carbonyl (C=O) groups excluding carboxylic acids is 2. The summed E-state index contributed by atoms with van der Waals surface area (Å²) in [4.78, 5) is 22.6. The molecule has 26 heavy (non-hydrogen) atoms. The Kier molecular flexibility index (Phi) is 7.97. The number of rotatable bonds is 10. The lowest BCUT2D eigenvalue weighted by Crippen LogP contribution is -2.60. The second-order valence-corrected chi connectivity index (χ2v) is 5.76. The highest BCUT2D eigenvalue weighted by molar-refractivity contribution is 7.81. The lowest BCUT2D eigenvalue weighted by Gasteiger charge is -2.31. The number of ether oxygens (including phenoxy) is 2. The van der Waals surface area contributed by atoms with Crippen LogP contribution < -0.4 is 5.73 Å². The molecule has 0 aliphatic carbocycles. The molecule has 0 aromatic heterocycles. The van der Waals surface area contributed by atoms with Crippen molar-refractivity contribution in [3.05, 3.63) is 12.2 Å². The molecule has 0 saturated carbocycles. The summed E-state index contributed by atoms with van der Waals surface area (Å²) in [5.74, 6) is -12.5. The van der Waals surface area contributed by atoms with Crippen molar-refractivity contribution < 1.29 is 49.8 Å². The van der Waals surface area contributed by atoms with E-state index in [0.717, 1.165) is 6.92 Å². The average Bonchev–Trinajstić information content (AvgIpc) is 2.42. The zero-order valence-corrected chi connectivity index (χ0v) is 14.2. The van der Waals surface area contributed by atoms with Crippen LogP contribution in [-0.2, 0) is 19.1 Å². The molecule has 0 aliphatic rings. The summed E-state index contributed by atoms with van der Waals surface area (Å²) in [6.45, 7) is 2.98. The quantitative estimate of drug-likeness (QED) is 0.143. The molecule has 1 unspecified atom stereocenters. The Morgan fingerprint density at radius 2 is 1.58 bits per heavy atom. The molecular formula is C13H16F7NO4S. The van der Waals surface area contributed by atoms with E-state index in [1.807, 2.05) is 0 Å². The van der Waals surface area contributed by atoms with E-state index in [1.54, 1.807) is 0 Å². The number of primary amides is 1. The minimum Gasteiger partial charge on any atom is -0.412 e. The third-order valence-corrected chi connectivity index (χ3v) is 3.24. The van der Waals surface area contributed by atoms with Gasteiger partial charge in [-0.1, -0.05) is 19.2 Å². The van der Waals surface area contributed by atoms with Crippen molar-refractivity contribution in [2.75, 3.05) is 6.61 Å². The highest BCUT2D eigenvalue weighted by Gasteiger charge is 2.65. The molecule has 0 aromatic carbocycles. The predicted octanol–water partition coefficient (Wildman–Crippen LogP) is 3.19. The third kappa shape index (κ3) is 6.04. The van der Waals surface area contributed by atoms with Crippen molar-refractivity contribution in [1.29, 1.82) is 0 Å². The Bertz CT molecular complexity index is 548. The number of alkyl halides is 7. The van der Waals surface area contributed by atoms with Crippen LogP contribution in [0.25, 0.3) is 0 Å². The van der Waals surface area contributed by atoms with E-state index in [9.17, 15) is 40.3 Å². The molecular weight excluding hydrogens is 399 g/mol. The van der Waals surface area contributed by atoms with Gasteiger partial charge in [-0.05, 0) is 19.8 Å². The normalized spacial score (nSPS) is 15.3. The topological polar surface area (TPSA) is 78.6 Å². The summed E-state index contributed by atoms with van der Waals surface area (Å²) in [5.41, 5.74) is 4.13. The first kappa shape index (κ1) is 24.5. The Morgan fingerprint density at radius 3 is 1.92 bits per heavy atom. The van der Waals surface area contributed by atoms with Gasteiger partial charge in [0.2, 0.25) is 0 Å². The summed E-state index contributed by atoms with van der Waals surface area (Å²) in [5, 5.41) is -4.62. The van der Waals surface area contributed by atoms with Crippen LogP contribution in [0.1, 0.15) is 26.2 Å². The Hall–Kier alpha value is -1.50. The van der Waals surface area contributed by atoms with Crippen LogP contribution >= 0.6 is 12.6 Å². The fourth-order valence-corrected chi connectivity index (χ4v) is 1.58. The van der Waals surface area contributed by atoms with Crippen molar-refractivity contribution >= 4 is 24.5 Å². The number of esters is 1. The van der Waals surface area contributed by atoms with E-state index < -0.39 is 66.5 Å². The van der Waals surface area contributed by atoms with E-state index in [-0.39, 0.29) is 0 Å². The van der Waals surface area contributed by atoms with Crippen LogP contribution in [0, 0.1) is 0 Å². The number of halogens is 7. The van der Waals surface area contributed by atoms with Gasteiger partial charge in [-0.3, -0.25) is 4.79 Å². The summed E-state index contributed by atoms with van der Waals surface area (Å²) in [7, 11) is 0. The largest absolute Gasteiger partial charge is 0.466 e. The van der Waals surface area contributed by atoms with Gasteiger partial charge < -0.3 is 15.2 Å².